The van der Waals surface area contributed by atoms with E-state index in [1.165, 1.54) is 31.6 Å². The van der Waals surface area contributed by atoms with Gasteiger partial charge >= 0.3 is 0 Å². The number of hydrogen-bond donors (Lipinski definition) is 2. The van der Waals surface area contributed by atoms with Gasteiger partial charge in [0, 0.05) is 18.0 Å². The van der Waals surface area contributed by atoms with Gasteiger partial charge in [-0.1, -0.05) is 13.8 Å². The minimum atomic E-state index is -3.82. The van der Waals surface area contributed by atoms with Gasteiger partial charge in [-0.3, -0.25) is 0 Å². The second kappa shape index (κ2) is 7.84. The maximum atomic E-state index is 12.4. The molecule has 0 atom stereocenters. The number of sulfonamides is 1. The Bertz CT molecular complexity index is 846. The van der Waals surface area contributed by atoms with Gasteiger partial charge in [0.1, 0.15) is 0 Å². The van der Waals surface area contributed by atoms with Crippen LogP contribution in [-0.4, -0.2) is 37.8 Å². The molecular weight excluding hydrogens is 363 g/mol. The minimum absolute atomic E-state index is 0.0514. The van der Waals surface area contributed by atoms with Crippen molar-refractivity contribution in [1.29, 1.82) is 0 Å². The third kappa shape index (κ3) is 4.93. The molecule has 0 radical (unpaired) electrons. The first-order chi connectivity index (χ1) is 11.8. The van der Waals surface area contributed by atoms with Crippen molar-refractivity contribution in [2.45, 2.75) is 18.7 Å². The summed E-state index contributed by atoms with van der Waals surface area (Å²) in [6.07, 6.45) is 3.79. The number of nitrogens with one attached hydrogen (secondary N) is 2. The molecule has 8 nitrogen and oxygen atoms in total. The number of hydrogen-bond acceptors (Lipinski definition) is 6. The largest absolute Gasteiger partial charge is 0.494 e. The average molecular weight is 384 g/mol. The van der Waals surface area contributed by atoms with Crippen molar-refractivity contribution in [3.63, 3.8) is 0 Å². The zero-order valence-corrected chi connectivity index (χ0v) is 16.0. The van der Waals surface area contributed by atoms with Crippen LogP contribution in [0.3, 0.4) is 0 Å². The number of anilines is 2. The van der Waals surface area contributed by atoms with Crippen LogP contribution in [0.2, 0.25) is 0 Å². The molecule has 0 amide bonds. The summed E-state index contributed by atoms with van der Waals surface area (Å²) in [6.45, 7) is 3.71. The van der Waals surface area contributed by atoms with E-state index in [0.717, 1.165) is 0 Å². The Morgan fingerprint density at radius 1 is 1.08 bits per heavy atom. The van der Waals surface area contributed by atoms with Crippen molar-refractivity contribution in [3.8, 4) is 5.75 Å². The number of aromatic nitrogens is 2. The van der Waals surface area contributed by atoms with E-state index in [4.69, 9.17) is 4.74 Å². The number of nitrogens with zero attached hydrogens (tertiary/aromatic N) is 2. The molecule has 0 aliphatic rings. The zero-order valence-electron chi connectivity index (χ0n) is 14.3. The second-order valence-electron chi connectivity index (χ2n) is 5.21. The molecule has 1 heterocycles. The first-order valence-electron chi connectivity index (χ1n) is 7.67. The quantitative estimate of drug-likeness (QED) is 0.673. The van der Waals surface area contributed by atoms with Gasteiger partial charge in [-0.2, -0.15) is 0 Å². The van der Waals surface area contributed by atoms with Crippen molar-refractivity contribution < 1.29 is 17.7 Å². The molecule has 0 fully saturated rings. The van der Waals surface area contributed by atoms with E-state index in [2.05, 4.69) is 19.8 Å². The van der Waals surface area contributed by atoms with Crippen molar-refractivity contribution in [1.82, 2.24) is 9.97 Å². The van der Waals surface area contributed by atoms with Crippen molar-refractivity contribution in [2.24, 2.45) is 0 Å². The highest BCUT2D eigenvalue weighted by atomic mass is 32.2. The number of methoxy groups -OCH3 is 1. The van der Waals surface area contributed by atoms with Crippen LogP contribution in [0, 0.1) is 0 Å². The molecule has 1 aromatic heterocycles. The van der Waals surface area contributed by atoms with Gasteiger partial charge in [0.15, 0.2) is 13.0 Å². The summed E-state index contributed by atoms with van der Waals surface area (Å²) in [5, 5.41) is 3.00. The fraction of sp³-hybridized carbons (Fsp3) is 0.333. The van der Waals surface area contributed by atoms with Gasteiger partial charge in [-0.25, -0.2) is 23.1 Å². The molecule has 1 aromatic carbocycles. The molecule has 0 bridgehead atoms. The Kier molecular flexibility index (Phi) is 6.02. The van der Waals surface area contributed by atoms with E-state index in [-0.39, 0.29) is 10.8 Å². The predicted molar refractivity (Wildman–Crippen MR) is 98.1 cm³/mol. The summed E-state index contributed by atoms with van der Waals surface area (Å²) in [7, 11) is -4.82. The highest BCUT2D eigenvalue weighted by Gasteiger charge is 2.18. The van der Waals surface area contributed by atoms with E-state index in [0.29, 0.717) is 23.8 Å². The lowest BCUT2D eigenvalue weighted by atomic mass is 10.3. The van der Waals surface area contributed by atoms with Crippen LogP contribution in [-0.2, 0) is 14.6 Å². The van der Waals surface area contributed by atoms with Crippen LogP contribution in [0.5, 0.6) is 5.75 Å². The molecule has 10 heteroatoms. The van der Waals surface area contributed by atoms with E-state index < -0.39 is 17.3 Å². The predicted octanol–water partition coefficient (Wildman–Crippen LogP) is 3.02. The molecule has 2 rings (SSSR count). The van der Waals surface area contributed by atoms with Gasteiger partial charge in [-0.15, -0.1) is 0 Å². The smallest absolute Gasteiger partial charge is 0.264 e. The maximum absolute atomic E-state index is 12.4. The molecule has 2 aromatic rings. The standard InChI is InChI=1S/C15H21N4O4PS/c1-4-24(20,5-2)18-12-6-8-14(9-7-12)25(21,22)19-15-16-10-13(23-3)11-17-15/h6-11H,4-5H2,1-3H3,(H,18,20)(H,16,17,19). The summed E-state index contributed by atoms with van der Waals surface area (Å²) in [4.78, 5) is 7.80. The summed E-state index contributed by atoms with van der Waals surface area (Å²) >= 11 is 0. The molecule has 136 valence electrons. The SMILES string of the molecule is CCP(=O)(CC)Nc1ccc(S(=O)(=O)Nc2ncc(OC)cn2)cc1. The molecule has 0 saturated heterocycles. The highest BCUT2D eigenvalue weighted by Crippen LogP contribution is 2.44. The summed E-state index contributed by atoms with van der Waals surface area (Å²) < 4.78 is 44.4. The molecule has 0 aliphatic carbocycles. The lowest BCUT2D eigenvalue weighted by molar-refractivity contribution is 0.411. The monoisotopic (exact) mass is 384 g/mol. The summed E-state index contributed by atoms with van der Waals surface area (Å²) in [5.41, 5.74) is 0.617. The van der Waals surface area contributed by atoms with Crippen LogP contribution in [0.4, 0.5) is 11.6 Å². The minimum Gasteiger partial charge on any atom is -0.494 e. The third-order valence-corrected chi connectivity index (χ3v) is 7.66. The van der Waals surface area contributed by atoms with Crippen LogP contribution >= 0.6 is 7.29 Å². The van der Waals surface area contributed by atoms with Crippen LogP contribution in [0.25, 0.3) is 0 Å². The molecule has 0 unspecified atom stereocenters. The maximum Gasteiger partial charge on any atom is 0.264 e. The van der Waals surface area contributed by atoms with Crippen molar-refractivity contribution >= 4 is 29.0 Å². The number of ether oxygens (including phenoxy) is 1. The Morgan fingerprint density at radius 3 is 2.12 bits per heavy atom. The molecule has 2 N–H and O–H groups in total. The fourth-order valence-corrected chi connectivity index (χ4v) is 4.32. The Labute approximate surface area is 147 Å². The highest BCUT2D eigenvalue weighted by molar-refractivity contribution is 7.92. The van der Waals surface area contributed by atoms with Gasteiger partial charge in [0.05, 0.1) is 24.4 Å². The number of benzene rings is 1. The second-order valence-corrected chi connectivity index (χ2v) is 10.2. The fourth-order valence-electron chi connectivity index (χ4n) is 1.98. The number of rotatable bonds is 8. The normalized spacial score (nSPS) is 11.8. The molecule has 0 aliphatic heterocycles. The zero-order chi connectivity index (χ0) is 18.5. The Morgan fingerprint density at radius 2 is 1.64 bits per heavy atom. The molecule has 25 heavy (non-hydrogen) atoms. The topological polar surface area (TPSA) is 110 Å². The first-order valence-corrected chi connectivity index (χ1v) is 11.2. The molecular formula is C15H21N4O4PS. The third-order valence-electron chi connectivity index (χ3n) is 3.61. The lowest BCUT2D eigenvalue weighted by Crippen LogP contribution is -2.15. The van der Waals surface area contributed by atoms with Crippen molar-refractivity contribution in [3.05, 3.63) is 36.7 Å². The van der Waals surface area contributed by atoms with Crippen molar-refractivity contribution in [2.75, 3.05) is 29.2 Å². The van der Waals surface area contributed by atoms with Gasteiger partial charge in [0.25, 0.3) is 10.0 Å². The summed E-state index contributed by atoms with van der Waals surface area (Å²) in [6, 6.07) is 6.04. The molecule has 0 saturated carbocycles. The van der Waals surface area contributed by atoms with E-state index >= 15 is 0 Å². The van der Waals surface area contributed by atoms with Gasteiger partial charge in [-0.05, 0) is 24.3 Å². The average Bonchev–Trinajstić information content (AvgIpc) is 2.62. The molecule has 0 spiro atoms. The van der Waals surface area contributed by atoms with E-state index in [1.54, 1.807) is 12.1 Å². The Balaban J connectivity index is 2.15. The van der Waals surface area contributed by atoms with Crippen LogP contribution in [0.1, 0.15) is 13.8 Å². The Hall–Kier alpha value is -2.12. The van der Waals surface area contributed by atoms with Gasteiger partial charge in [0.2, 0.25) is 5.95 Å². The van der Waals surface area contributed by atoms with Gasteiger partial charge < -0.3 is 14.4 Å². The van der Waals surface area contributed by atoms with E-state index in [9.17, 15) is 13.0 Å². The van der Waals surface area contributed by atoms with E-state index in [1.807, 2.05) is 13.8 Å². The summed E-state index contributed by atoms with van der Waals surface area (Å²) in [5.74, 6) is 0.374. The first kappa shape index (κ1) is 19.2. The lowest BCUT2D eigenvalue weighted by Gasteiger charge is -2.17. The van der Waals surface area contributed by atoms with Crippen LogP contribution in [0.15, 0.2) is 41.6 Å². The van der Waals surface area contributed by atoms with Crippen LogP contribution < -0.4 is 14.5 Å².